The van der Waals surface area contributed by atoms with Crippen molar-refractivity contribution in [2.24, 2.45) is 0 Å². The molecule has 0 spiro atoms. The lowest BCUT2D eigenvalue weighted by atomic mass is 10.3. The summed E-state index contributed by atoms with van der Waals surface area (Å²) in [4.78, 5) is 14.2. The minimum Gasteiger partial charge on any atom is -0.490 e. The van der Waals surface area contributed by atoms with Crippen LogP contribution in [-0.4, -0.2) is 17.0 Å². The smallest absolute Gasteiger partial charge is 0.314 e. The van der Waals surface area contributed by atoms with Gasteiger partial charge < -0.3 is 15.2 Å². The monoisotopic (exact) mass is 261 g/mol. The Labute approximate surface area is 108 Å². The first-order valence-corrected chi connectivity index (χ1v) is 5.32. The first-order chi connectivity index (χ1) is 9.10. The second kappa shape index (κ2) is 5.21. The lowest BCUT2D eigenvalue weighted by Crippen LogP contribution is -1.95. The van der Waals surface area contributed by atoms with Crippen molar-refractivity contribution in [3.63, 3.8) is 0 Å². The van der Waals surface area contributed by atoms with E-state index in [1.165, 1.54) is 31.5 Å². The maximum Gasteiger partial charge on any atom is 0.314 e. The van der Waals surface area contributed by atoms with E-state index in [0.717, 1.165) is 0 Å². The number of nitrogen functional groups attached to an aromatic ring is 1. The van der Waals surface area contributed by atoms with Gasteiger partial charge in [-0.15, -0.1) is 0 Å². The van der Waals surface area contributed by atoms with Crippen LogP contribution < -0.4 is 15.2 Å². The van der Waals surface area contributed by atoms with Crippen LogP contribution in [0.15, 0.2) is 36.5 Å². The van der Waals surface area contributed by atoms with Crippen LogP contribution in [0.4, 0.5) is 11.5 Å². The van der Waals surface area contributed by atoms with E-state index < -0.39 is 4.92 Å². The Hall–Kier alpha value is -2.83. The number of benzene rings is 1. The molecule has 0 aliphatic heterocycles. The topological polar surface area (TPSA) is 101 Å². The first-order valence-electron chi connectivity index (χ1n) is 5.32. The van der Waals surface area contributed by atoms with Gasteiger partial charge in [0.15, 0.2) is 5.75 Å². The molecule has 0 aliphatic carbocycles. The number of nitrogens with two attached hydrogens (primary N) is 1. The van der Waals surface area contributed by atoms with Crippen LogP contribution in [-0.2, 0) is 0 Å². The highest BCUT2D eigenvalue weighted by Gasteiger charge is 2.16. The van der Waals surface area contributed by atoms with Crippen molar-refractivity contribution in [1.82, 2.24) is 4.98 Å². The molecule has 0 saturated carbocycles. The van der Waals surface area contributed by atoms with Crippen molar-refractivity contribution in [2.45, 2.75) is 0 Å². The van der Waals surface area contributed by atoms with Crippen LogP contribution >= 0.6 is 0 Å². The lowest BCUT2D eigenvalue weighted by Gasteiger charge is -2.07. The van der Waals surface area contributed by atoms with Crippen molar-refractivity contribution in [3.05, 3.63) is 46.6 Å². The summed E-state index contributed by atoms with van der Waals surface area (Å²) in [6.07, 6.45) is 1.49. The van der Waals surface area contributed by atoms with Gasteiger partial charge in [0, 0.05) is 12.3 Å². The maximum absolute atomic E-state index is 10.9. The van der Waals surface area contributed by atoms with Gasteiger partial charge >= 0.3 is 5.69 Å². The number of aromatic nitrogens is 1. The van der Waals surface area contributed by atoms with E-state index in [9.17, 15) is 10.1 Å². The number of hydrogen-bond acceptors (Lipinski definition) is 6. The van der Waals surface area contributed by atoms with Gasteiger partial charge in [-0.2, -0.15) is 0 Å². The number of nitro benzene ring substituents is 1. The molecule has 2 N–H and O–H groups in total. The van der Waals surface area contributed by atoms with E-state index >= 15 is 0 Å². The fourth-order valence-electron chi connectivity index (χ4n) is 1.50. The molecule has 0 amide bonds. The number of hydrogen-bond donors (Lipinski definition) is 1. The largest absolute Gasteiger partial charge is 0.490 e. The van der Waals surface area contributed by atoms with Gasteiger partial charge in [-0.25, -0.2) is 4.98 Å². The molecule has 1 aromatic carbocycles. The summed E-state index contributed by atoms with van der Waals surface area (Å²) >= 11 is 0. The van der Waals surface area contributed by atoms with Crippen molar-refractivity contribution < 1.29 is 14.4 Å². The highest BCUT2D eigenvalue weighted by Crippen LogP contribution is 2.32. The Morgan fingerprint density at radius 1 is 1.26 bits per heavy atom. The fourth-order valence-corrected chi connectivity index (χ4v) is 1.50. The van der Waals surface area contributed by atoms with Crippen molar-refractivity contribution in [3.8, 4) is 17.2 Å². The number of nitro groups is 1. The Morgan fingerprint density at radius 2 is 2.00 bits per heavy atom. The van der Waals surface area contributed by atoms with Gasteiger partial charge in [0.1, 0.15) is 17.3 Å². The number of pyridine rings is 1. The van der Waals surface area contributed by atoms with Gasteiger partial charge in [0.05, 0.1) is 18.1 Å². The highest BCUT2D eigenvalue weighted by atomic mass is 16.6. The Balaban J connectivity index is 2.31. The van der Waals surface area contributed by atoms with Crippen LogP contribution in [0, 0.1) is 10.1 Å². The molecule has 2 aromatic rings. The lowest BCUT2D eigenvalue weighted by molar-refractivity contribution is -0.385. The van der Waals surface area contributed by atoms with E-state index in [1.54, 1.807) is 12.1 Å². The molecule has 0 saturated heterocycles. The third-order valence-corrected chi connectivity index (χ3v) is 2.34. The summed E-state index contributed by atoms with van der Waals surface area (Å²) in [7, 11) is 1.37. The fraction of sp³-hybridized carbons (Fsp3) is 0.0833. The number of nitrogens with zero attached hydrogens (tertiary/aromatic N) is 2. The predicted octanol–water partition coefficient (Wildman–Crippen LogP) is 2.37. The molecular formula is C12H11N3O4. The molecule has 2 rings (SSSR count). The predicted molar refractivity (Wildman–Crippen MR) is 68.4 cm³/mol. The summed E-state index contributed by atoms with van der Waals surface area (Å²) in [5.41, 5.74) is 5.35. The zero-order valence-corrected chi connectivity index (χ0v) is 10.1. The molecule has 0 radical (unpaired) electrons. The minimum absolute atomic E-state index is 0.165. The Bertz CT molecular complexity index is 616. The van der Waals surface area contributed by atoms with Crippen molar-refractivity contribution in [1.29, 1.82) is 0 Å². The zero-order valence-electron chi connectivity index (χ0n) is 10.1. The van der Waals surface area contributed by atoms with Gasteiger partial charge in [-0.3, -0.25) is 10.1 Å². The average Bonchev–Trinajstić information content (AvgIpc) is 2.38. The number of rotatable bonds is 4. The van der Waals surface area contributed by atoms with Crippen LogP contribution in [0.1, 0.15) is 0 Å². The van der Waals surface area contributed by atoms with Crippen LogP contribution in [0.2, 0.25) is 0 Å². The molecule has 98 valence electrons. The minimum atomic E-state index is -0.535. The third kappa shape index (κ3) is 2.89. The molecule has 0 bridgehead atoms. The molecule has 1 aromatic heterocycles. The molecule has 19 heavy (non-hydrogen) atoms. The third-order valence-electron chi connectivity index (χ3n) is 2.34. The molecule has 0 fully saturated rings. The van der Waals surface area contributed by atoms with Crippen molar-refractivity contribution in [2.75, 3.05) is 12.8 Å². The average molecular weight is 261 g/mol. The maximum atomic E-state index is 10.9. The number of ether oxygens (including phenoxy) is 2. The van der Waals surface area contributed by atoms with Gasteiger partial charge in [-0.1, -0.05) is 0 Å². The zero-order chi connectivity index (χ0) is 13.8. The first kappa shape index (κ1) is 12.6. The van der Waals surface area contributed by atoms with Crippen molar-refractivity contribution >= 4 is 11.5 Å². The molecule has 0 unspecified atom stereocenters. The highest BCUT2D eigenvalue weighted by molar-refractivity contribution is 5.52. The standard InChI is InChI=1S/C12H11N3O4/c1-18-11-3-2-8(6-10(11)15(16)17)19-9-4-5-14-12(13)7-9/h2-7H,1H3,(H2,13,14). The normalized spacial score (nSPS) is 9.95. The van der Waals surface area contributed by atoms with Gasteiger partial charge in [0.2, 0.25) is 0 Å². The van der Waals surface area contributed by atoms with Crippen LogP contribution in [0.25, 0.3) is 0 Å². The summed E-state index contributed by atoms with van der Waals surface area (Å²) in [5.74, 6) is 1.25. The molecule has 1 heterocycles. The SMILES string of the molecule is COc1ccc(Oc2ccnc(N)c2)cc1[N+](=O)[O-]. The van der Waals surface area contributed by atoms with Crippen LogP contribution in [0.5, 0.6) is 17.2 Å². The van der Waals surface area contributed by atoms with E-state index in [0.29, 0.717) is 17.3 Å². The van der Waals surface area contributed by atoms with E-state index in [4.69, 9.17) is 15.2 Å². The second-order valence-electron chi connectivity index (χ2n) is 3.61. The number of methoxy groups -OCH3 is 1. The second-order valence-corrected chi connectivity index (χ2v) is 3.61. The Kier molecular flexibility index (Phi) is 3.46. The molecule has 0 aliphatic rings. The van der Waals surface area contributed by atoms with Crippen LogP contribution in [0.3, 0.4) is 0 Å². The molecular weight excluding hydrogens is 250 g/mol. The summed E-state index contributed by atoms with van der Waals surface area (Å²) in [5, 5.41) is 10.9. The number of anilines is 1. The summed E-state index contributed by atoms with van der Waals surface area (Å²) < 4.78 is 10.4. The summed E-state index contributed by atoms with van der Waals surface area (Å²) in [6, 6.07) is 7.46. The van der Waals surface area contributed by atoms with E-state index in [2.05, 4.69) is 4.98 Å². The van der Waals surface area contributed by atoms with E-state index in [1.807, 2.05) is 0 Å². The summed E-state index contributed by atoms with van der Waals surface area (Å²) in [6.45, 7) is 0. The van der Waals surface area contributed by atoms with Gasteiger partial charge in [0.25, 0.3) is 0 Å². The Morgan fingerprint density at radius 3 is 2.63 bits per heavy atom. The quantitative estimate of drug-likeness (QED) is 0.669. The van der Waals surface area contributed by atoms with E-state index in [-0.39, 0.29) is 11.4 Å². The molecule has 7 nitrogen and oxygen atoms in total. The molecule has 7 heteroatoms. The molecule has 0 atom stereocenters. The van der Waals surface area contributed by atoms with Gasteiger partial charge in [-0.05, 0) is 18.2 Å².